The fourth-order valence-electron chi connectivity index (χ4n) is 2.30. The number of alkyl halides is 4. The number of hydrogen-bond acceptors (Lipinski definition) is 3. The van der Waals surface area contributed by atoms with E-state index in [4.69, 9.17) is 21.1 Å². The molecule has 1 aromatic rings. The summed E-state index contributed by atoms with van der Waals surface area (Å²) in [7, 11) is 0. The number of rotatable bonds is 3. The Bertz CT molecular complexity index is 628. The molecule has 1 aliphatic rings. The topological polar surface area (TPSA) is 35.5 Å². The Morgan fingerprint density at radius 3 is 2.68 bits per heavy atom. The maximum atomic E-state index is 13.3. The molecule has 22 heavy (non-hydrogen) atoms. The number of hydrogen-bond donors (Lipinski definition) is 0. The molecular formula is C14H11BrClF3O3. The summed E-state index contributed by atoms with van der Waals surface area (Å²) in [5.74, 6) is -1.03. The van der Waals surface area contributed by atoms with Gasteiger partial charge in [-0.05, 0) is 46.1 Å². The van der Waals surface area contributed by atoms with E-state index in [-0.39, 0.29) is 23.3 Å². The Kier molecular flexibility index (Phi) is 5.07. The van der Waals surface area contributed by atoms with Crippen LogP contribution in [0.4, 0.5) is 13.2 Å². The van der Waals surface area contributed by atoms with Gasteiger partial charge < -0.3 is 9.47 Å². The van der Waals surface area contributed by atoms with Crippen LogP contribution in [0.2, 0.25) is 5.02 Å². The third kappa shape index (κ3) is 3.25. The van der Waals surface area contributed by atoms with Gasteiger partial charge in [0.1, 0.15) is 11.3 Å². The molecule has 0 radical (unpaired) electrons. The molecule has 1 atom stereocenters. The van der Waals surface area contributed by atoms with Gasteiger partial charge in [-0.1, -0.05) is 18.5 Å². The number of carbonyl (C=O) groups excluding carboxylic acids is 1. The van der Waals surface area contributed by atoms with Crippen molar-refractivity contribution in [2.45, 2.75) is 25.6 Å². The molecule has 1 aromatic carbocycles. The summed E-state index contributed by atoms with van der Waals surface area (Å²) in [5, 5.41) is 0.340. The molecule has 0 fully saturated rings. The van der Waals surface area contributed by atoms with Gasteiger partial charge in [0.2, 0.25) is 6.10 Å². The van der Waals surface area contributed by atoms with E-state index in [1.807, 2.05) is 0 Å². The van der Waals surface area contributed by atoms with Gasteiger partial charge in [0, 0.05) is 10.6 Å². The van der Waals surface area contributed by atoms with E-state index >= 15 is 0 Å². The van der Waals surface area contributed by atoms with Crippen molar-refractivity contribution in [1.82, 2.24) is 0 Å². The Labute approximate surface area is 138 Å². The Morgan fingerprint density at radius 2 is 2.14 bits per heavy atom. The Morgan fingerprint density at radius 1 is 1.45 bits per heavy atom. The molecule has 1 unspecified atom stereocenters. The molecule has 3 nitrogen and oxygen atoms in total. The molecule has 120 valence electrons. The zero-order valence-electron chi connectivity index (χ0n) is 11.3. The molecule has 0 amide bonds. The van der Waals surface area contributed by atoms with Crippen molar-refractivity contribution in [3.05, 3.63) is 34.4 Å². The maximum absolute atomic E-state index is 13.3. The van der Waals surface area contributed by atoms with E-state index in [0.717, 1.165) is 0 Å². The minimum absolute atomic E-state index is 0.0407. The third-order valence-electron chi connectivity index (χ3n) is 3.16. The second kappa shape index (κ2) is 6.50. The summed E-state index contributed by atoms with van der Waals surface area (Å²) in [6.45, 7) is 1.65. The highest BCUT2D eigenvalue weighted by Gasteiger charge is 2.50. The van der Waals surface area contributed by atoms with Gasteiger partial charge in [0.25, 0.3) is 0 Å². The quantitative estimate of drug-likeness (QED) is 0.545. The Hall–Kier alpha value is -1.21. The third-order valence-corrected chi connectivity index (χ3v) is 3.62. The number of halogens is 5. The minimum atomic E-state index is -4.74. The number of fused-ring (bicyclic) bond motifs is 1. The van der Waals surface area contributed by atoms with E-state index in [1.54, 1.807) is 6.92 Å². The maximum Gasteiger partial charge on any atom is 0.430 e. The average Bonchev–Trinajstić information content (AvgIpc) is 2.44. The van der Waals surface area contributed by atoms with E-state index in [1.165, 1.54) is 18.2 Å². The highest BCUT2D eigenvalue weighted by Crippen LogP contribution is 2.43. The summed E-state index contributed by atoms with van der Waals surface area (Å²) in [5.41, 5.74) is -0.155. The van der Waals surface area contributed by atoms with Gasteiger partial charge >= 0.3 is 12.1 Å². The van der Waals surface area contributed by atoms with Crippen LogP contribution in [0.5, 0.6) is 5.75 Å². The van der Waals surface area contributed by atoms with Gasteiger partial charge in [0.15, 0.2) is 0 Å². The van der Waals surface area contributed by atoms with Crippen LogP contribution in [0.3, 0.4) is 0 Å². The van der Waals surface area contributed by atoms with Crippen LogP contribution < -0.4 is 4.74 Å². The molecule has 0 bridgehead atoms. The lowest BCUT2D eigenvalue weighted by Gasteiger charge is -2.31. The van der Waals surface area contributed by atoms with Gasteiger partial charge in [-0.25, -0.2) is 4.79 Å². The first-order valence-electron chi connectivity index (χ1n) is 6.29. The fourth-order valence-corrected chi connectivity index (χ4v) is 2.68. The summed E-state index contributed by atoms with van der Waals surface area (Å²) in [6, 6.07) is 4.27. The summed E-state index contributed by atoms with van der Waals surface area (Å²) < 4.78 is 49.5. The SMILES string of the molecule is CCC1=C(C(=O)OCBr)C(C(F)(F)F)Oc2ccc(Cl)cc21. The lowest BCUT2D eigenvalue weighted by Crippen LogP contribution is -2.41. The Balaban J connectivity index is 2.67. The predicted octanol–water partition coefficient (Wildman–Crippen LogP) is 4.72. The molecule has 0 saturated carbocycles. The lowest BCUT2D eigenvalue weighted by atomic mass is 9.90. The smallest absolute Gasteiger partial charge is 0.430 e. The van der Waals surface area contributed by atoms with Crippen molar-refractivity contribution in [3.8, 4) is 5.75 Å². The molecule has 0 aromatic heterocycles. The normalized spacial score (nSPS) is 17.8. The van der Waals surface area contributed by atoms with Crippen molar-refractivity contribution in [2.24, 2.45) is 0 Å². The van der Waals surface area contributed by atoms with Crippen molar-refractivity contribution >= 4 is 39.1 Å². The van der Waals surface area contributed by atoms with Gasteiger partial charge in [-0.2, -0.15) is 13.2 Å². The second-order valence-electron chi connectivity index (χ2n) is 4.47. The summed E-state index contributed by atoms with van der Waals surface area (Å²) in [4.78, 5) is 12.0. The minimum Gasteiger partial charge on any atom is -0.475 e. The lowest BCUT2D eigenvalue weighted by molar-refractivity contribution is -0.187. The predicted molar refractivity (Wildman–Crippen MR) is 79.0 cm³/mol. The average molecular weight is 400 g/mol. The van der Waals surface area contributed by atoms with Crippen LogP contribution in [0.15, 0.2) is 23.8 Å². The number of carbonyl (C=O) groups is 1. The molecular weight excluding hydrogens is 389 g/mol. The number of esters is 1. The molecule has 0 N–H and O–H groups in total. The van der Waals surface area contributed by atoms with Crippen molar-refractivity contribution in [1.29, 1.82) is 0 Å². The number of benzene rings is 1. The molecule has 2 rings (SSSR count). The largest absolute Gasteiger partial charge is 0.475 e. The fraction of sp³-hybridized carbons (Fsp3) is 0.357. The summed E-state index contributed by atoms with van der Waals surface area (Å²) in [6.07, 6.45) is -6.89. The number of allylic oxidation sites excluding steroid dienone is 1. The standard InChI is InChI=1S/C14H11BrClF3O3/c1-2-8-9-5-7(16)3-4-10(9)22-12(14(17,18)19)11(8)13(20)21-6-15/h3-5,12H,2,6H2,1H3. The van der Waals surface area contributed by atoms with E-state index in [0.29, 0.717) is 10.6 Å². The van der Waals surface area contributed by atoms with E-state index in [9.17, 15) is 18.0 Å². The van der Waals surface area contributed by atoms with Gasteiger partial charge in [0.05, 0.1) is 5.57 Å². The summed E-state index contributed by atoms with van der Waals surface area (Å²) >= 11 is 8.75. The van der Waals surface area contributed by atoms with E-state index < -0.39 is 23.8 Å². The highest BCUT2D eigenvalue weighted by molar-refractivity contribution is 9.09. The first kappa shape index (κ1) is 17.1. The molecule has 1 heterocycles. The number of ether oxygens (including phenoxy) is 2. The first-order valence-corrected chi connectivity index (χ1v) is 7.79. The van der Waals surface area contributed by atoms with Crippen LogP contribution in [0, 0.1) is 0 Å². The van der Waals surface area contributed by atoms with Crippen LogP contribution in [0.25, 0.3) is 5.57 Å². The highest BCUT2D eigenvalue weighted by atomic mass is 79.9. The van der Waals surface area contributed by atoms with Crippen molar-refractivity contribution < 1.29 is 27.4 Å². The zero-order valence-corrected chi connectivity index (χ0v) is 13.7. The van der Waals surface area contributed by atoms with E-state index in [2.05, 4.69) is 15.9 Å². The van der Waals surface area contributed by atoms with Gasteiger partial charge in [-0.3, -0.25) is 0 Å². The van der Waals surface area contributed by atoms with Crippen molar-refractivity contribution in [3.63, 3.8) is 0 Å². The zero-order chi connectivity index (χ0) is 16.5. The van der Waals surface area contributed by atoms with Crippen LogP contribution in [-0.2, 0) is 9.53 Å². The van der Waals surface area contributed by atoms with Crippen molar-refractivity contribution in [2.75, 3.05) is 5.52 Å². The molecule has 1 aliphatic heterocycles. The molecule has 8 heteroatoms. The second-order valence-corrected chi connectivity index (χ2v) is 5.36. The first-order chi connectivity index (χ1) is 10.3. The van der Waals surface area contributed by atoms with Crippen LogP contribution in [-0.4, -0.2) is 23.8 Å². The monoisotopic (exact) mass is 398 g/mol. The van der Waals surface area contributed by atoms with Crippen LogP contribution in [0.1, 0.15) is 18.9 Å². The molecule has 0 aliphatic carbocycles. The molecule has 0 spiro atoms. The van der Waals surface area contributed by atoms with Gasteiger partial charge in [-0.15, -0.1) is 0 Å². The molecule has 0 saturated heterocycles. The van der Waals surface area contributed by atoms with Crippen LogP contribution >= 0.6 is 27.5 Å².